The summed E-state index contributed by atoms with van der Waals surface area (Å²) in [6.45, 7) is 23.6. The molecule has 0 amide bonds. The van der Waals surface area contributed by atoms with Gasteiger partial charge in [0.1, 0.15) is 0 Å². The highest BCUT2D eigenvalue weighted by Crippen LogP contribution is 2.63. The van der Waals surface area contributed by atoms with E-state index in [0.717, 1.165) is 12.8 Å². The highest BCUT2D eigenvalue weighted by Gasteiger charge is 2.42. The predicted molar refractivity (Wildman–Crippen MR) is 129 cm³/mol. The fourth-order valence-electron chi connectivity index (χ4n) is 4.80. The molecule has 0 nitrogen and oxygen atoms in total. The van der Waals surface area contributed by atoms with Crippen LogP contribution in [0.2, 0.25) is 0 Å². The Bertz CT molecular complexity index is 963. The summed E-state index contributed by atoms with van der Waals surface area (Å²) in [5.74, 6) is 0. The average Bonchev–Trinajstić information content (AvgIpc) is 3.15. The Kier molecular flexibility index (Phi) is 4.46. The van der Waals surface area contributed by atoms with E-state index in [4.69, 9.17) is 0 Å². The fraction of sp³-hybridized carbons (Fsp3) is 0.538. The first kappa shape index (κ1) is 20.2. The summed E-state index contributed by atoms with van der Waals surface area (Å²) in [5.41, 5.74) is 13.1. The van der Waals surface area contributed by atoms with Gasteiger partial charge in [-0.25, -0.2) is 0 Å². The summed E-state index contributed by atoms with van der Waals surface area (Å²) in [7, 11) is 0. The van der Waals surface area contributed by atoms with Crippen molar-refractivity contribution in [1.82, 2.24) is 0 Å². The number of thiophene rings is 2. The topological polar surface area (TPSA) is 0 Å². The van der Waals surface area contributed by atoms with E-state index in [1.165, 1.54) is 20.9 Å². The Labute approximate surface area is 179 Å². The zero-order valence-electron chi connectivity index (χ0n) is 19.2. The molecule has 0 unspecified atom stereocenters. The van der Waals surface area contributed by atoms with E-state index in [1.54, 1.807) is 43.2 Å². The Balaban J connectivity index is 2.10. The highest BCUT2D eigenvalue weighted by molar-refractivity contribution is 7.16. The number of aryl methyl sites for hydroxylation is 2. The van der Waals surface area contributed by atoms with Gasteiger partial charge in [-0.2, -0.15) is 0 Å². The fourth-order valence-corrected chi connectivity index (χ4v) is 7.33. The molecule has 0 bridgehead atoms. The van der Waals surface area contributed by atoms with Crippen molar-refractivity contribution in [2.24, 2.45) is 10.8 Å². The van der Waals surface area contributed by atoms with Gasteiger partial charge in [0.25, 0.3) is 0 Å². The van der Waals surface area contributed by atoms with Crippen molar-refractivity contribution >= 4 is 45.0 Å². The molecule has 2 aliphatic carbocycles. The minimum atomic E-state index is 0.283. The van der Waals surface area contributed by atoms with Gasteiger partial charge in [-0.1, -0.05) is 41.5 Å². The van der Waals surface area contributed by atoms with Crippen LogP contribution in [0, 0.1) is 38.5 Å². The molecule has 0 saturated heterocycles. The normalized spacial score (nSPS) is 16.2. The molecule has 0 fully saturated rings. The molecule has 0 aliphatic heterocycles. The van der Waals surface area contributed by atoms with Crippen molar-refractivity contribution in [1.29, 1.82) is 0 Å². The zero-order chi connectivity index (χ0) is 20.8. The highest BCUT2D eigenvalue weighted by atomic mass is 32.1. The molecule has 0 saturated carbocycles. The maximum atomic E-state index is 2.38. The second-order valence-corrected chi connectivity index (χ2v) is 13.6. The summed E-state index contributed by atoms with van der Waals surface area (Å²) < 4.78 is 0. The summed E-state index contributed by atoms with van der Waals surface area (Å²) in [6.07, 6.45) is 2.29. The molecule has 150 valence electrons. The van der Waals surface area contributed by atoms with Crippen molar-refractivity contribution in [2.45, 2.75) is 82.1 Å². The smallest absolute Gasteiger partial charge is 0.0433 e. The largest absolute Gasteiger partial charge is 0.140 e. The van der Waals surface area contributed by atoms with Gasteiger partial charge in [-0.05, 0) is 73.6 Å². The van der Waals surface area contributed by atoms with Gasteiger partial charge >= 0.3 is 0 Å². The van der Waals surface area contributed by atoms with Crippen LogP contribution in [0.25, 0.3) is 22.3 Å². The van der Waals surface area contributed by atoms with Crippen molar-refractivity contribution in [3.63, 3.8) is 0 Å². The van der Waals surface area contributed by atoms with E-state index in [9.17, 15) is 0 Å². The number of fused-ring (bicyclic) bond motifs is 5. The van der Waals surface area contributed by atoms with Crippen molar-refractivity contribution in [3.05, 3.63) is 41.8 Å². The molecule has 2 heterocycles. The molecular formula is C26H34S2. The van der Waals surface area contributed by atoms with Gasteiger partial charge in [0.2, 0.25) is 0 Å². The molecule has 0 N–H and O–H groups in total. The van der Waals surface area contributed by atoms with E-state index in [0.29, 0.717) is 0 Å². The van der Waals surface area contributed by atoms with Gasteiger partial charge in [0, 0.05) is 41.8 Å². The van der Waals surface area contributed by atoms with Crippen LogP contribution >= 0.6 is 22.7 Å². The van der Waals surface area contributed by atoms with Crippen LogP contribution < -0.4 is 0 Å². The summed E-state index contributed by atoms with van der Waals surface area (Å²) in [6, 6.07) is 0. The Morgan fingerprint density at radius 3 is 1.18 bits per heavy atom. The van der Waals surface area contributed by atoms with Gasteiger partial charge in [0.15, 0.2) is 0 Å². The molecule has 2 aromatic rings. The molecule has 0 spiro atoms. The summed E-state index contributed by atoms with van der Waals surface area (Å²) in [5, 5.41) is 0. The Hall–Kier alpha value is -1.12. The van der Waals surface area contributed by atoms with E-state index in [2.05, 4.69) is 69.2 Å². The van der Waals surface area contributed by atoms with Gasteiger partial charge in [0.05, 0.1) is 0 Å². The molecule has 2 heteroatoms. The average molecular weight is 411 g/mol. The second kappa shape index (κ2) is 6.19. The maximum Gasteiger partial charge on any atom is 0.0433 e. The third-order valence-electron chi connectivity index (χ3n) is 6.10. The lowest BCUT2D eigenvalue weighted by atomic mass is 9.84. The number of rotatable bonds is 2. The van der Waals surface area contributed by atoms with E-state index >= 15 is 0 Å². The van der Waals surface area contributed by atoms with Gasteiger partial charge < -0.3 is 0 Å². The quantitative estimate of drug-likeness (QED) is 0.463. The SMILES string of the molecule is Cc1sc2c(c1C)C(CC(C)(C)C)=C1C2=C(CC(C)(C)C)c2c1sc(C)c2C. The summed E-state index contributed by atoms with van der Waals surface area (Å²) in [4.78, 5) is 6.09. The second-order valence-electron chi connectivity index (χ2n) is 11.2. The molecular weight excluding hydrogens is 376 g/mol. The minimum absolute atomic E-state index is 0.283. The molecule has 0 aromatic carbocycles. The number of hydrogen-bond acceptors (Lipinski definition) is 2. The van der Waals surface area contributed by atoms with Gasteiger partial charge in [-0.3, -0.25) is 0 Å². The van der Waals surface area contributed by atoms with Crippen LogP contribution in [-0.2, 0) is 0 Å². The van der Waals surface area contributed by atoms with Crippen molar-refractivity contribution in [2.75, 3.05) is 0 Å². The van der Waals surface area contributed by atoms with Crippen LogP contribution in [-0.4, -0.2) is 0 Å². The van der Waals surface area contributed by atoms with Gasteiger partial charge in [-0.15, -0.1) is 22.7 Å². The molecule has 28 heavy (non-hydrogen) atoms. The molecule has 4 rings (SSSR count). The third kappa shape index (κ3) is 2.99. The van der Waals surface area contributed by atoms with E-state index in [-0.39, 0.29) is 10.8 Å². The van der Waals surface area contributed by atoms with Crippen LogP contribution in [0.5, 0.6) is 0 Å². The van der Waals surface area contributed by atoms with Crippen LogP contribution in [0.3, 0.4) is 0 Å². The standard InChI is InChI=1S/C26H34S2/c1-13-15(3)27-23-19(13)17(11-25(5,6)7)21-22(23)18(12-26(8,9)10)20-14(2)16(4)28-24(20)21/h11-12H2,1-10H3. The maximum absolute atomic E-state index is 2.38. The monoisotopic (exact) mass is 410 g/mol. The van der Waals surface area contributed by atoms with Crippen molar-refractivity contribution < 1.29 is 0 Å². The van der Waals surface area contributed by atoms with Crippen LogP contribution in [0.15, 0.2) is 0 Å². The lowest BCUT2D eigenvalue weighted by Gasteiger charge is -2.21. The Morgan fingerprint density at radius 1 is 0.571 bits per heavy atom. The first-order chi connectivity index (χ1) is 12.8. The number of allylic oxidation sites excluding steroid dienone is 4. The first-order valence-corrected chi connectivity index (χ1v) is 12.1. The van der Waals surface area contributed by atoms with E-state index in [1.807, 2.05) is 22.7 Å². The zero-order valence-corrected chi connectivity index (χ0v) is 20.9. The molecule has 0 radical (unpaired) electrons. The Morgan fingerprint density at radius 2 is 0.893 bits per heavy atom. The van der Waals surface area contributed by atoms with Crippen molar-refractivity contribution in [3.8, 4) is 0 Å². The number of hydrogen-bond donors (Lipinski definition) is 0. The molecule has 2 aliphatic rings. The summed E-state index contributed by atoms with van der Waals surface area (Å²) >= 11 is 4.06. The predicted octanol–water partition coefficient (Wildman–Crippen LogP) is 9.06. The van der Waals surface area contributed by atoms with Crippen LogP contribution in [0.1, 0.15) is 96.1 Å². The van der Waals surface area contributed by atoms with Crippen LogP contribution in [0.4, 0.5) is 0 Å². The first-order valence-electron chi connectivity index (χ1n) is 10.5. The minimum Gasteiger partial charge on any atom is -0.140 e. The van der Waals surface area contributed by atoms with E-state index < -0.39 is 0 Å². The lowest BCUT2D eigenvalue weighted by Crippen LogP contribution is -2.06. The lowest BCUT2D eigenvalue weighted by molar-refractivity contribution is 0.427. The molecule has 2 aromatic heterocycles. The molecule has 0 atom stereocenters. The third-order valence-corrected chi connectivity index (χ3v) is 8.55.